The van der Waals surface area contributed by atoms with Gasteiger partial charge in [0.15, 0.2) is 5.96 Å². The van der Waals surface area contributed by atoms with Crippen molar-refractivity contribution in [3.63, 3.8) is 0 Å². The average molecular weight is 304 g/mol. The van der Waals surface area contributed by atoms with Crippen molar-refractivity contribution in [2.75, 3.05) is 13.6 Å². The summed E-state index contributed by atoms with van der Waals surface area (Å²) in [5, 5.41) is 11.4. The highest BCUT2D eigenvalue weighted by Gasteiger charge is 2.11. The first kappa shape index (κ1) is 15.9. The van der Waals surface area contributed by atoms with E-state index in [4.69, 9.17) is 5.14 Å². The largest absolute Gasteiger partial charge is 0.356 e. The molecule has 1 aromatic rings. The molecule has 0 amide bonds. The second-order valence-corrected chi connectivity index (χ2v) is 7.42. The molecule has 6 nitrogen and oxygen atoms in total. The fourth-order valence-corrected chi connectivity index (χ4v) is 3.02. The summed E-state index contributed by atoms with van der Waals surface area (Å²) in [4.78, 5) is 4.97. The van der Waals surface area contributed by atoms with Crippen LogP contribution >= 0.6 is 11.3 Å². The van der Waals surface area contributed by atoms with Gasteiger partial charge in [0.2, 0.25) is 10.0 Å². The molecule has 0 unspecified atom stereocenters. The van der Waals surface area contributed by atoms with Crippen LogP contribution in [0.25, 0.3) is 0 Å². The molecule has 0 fully saturated rings. The van der Waals surface area contributed by atoms with Crippen LogP contribution in [0, 0.1) is 5.92 Å². The van der Waals surface area contributed by atoms with Gasteiger partial charge in [-0.3, -0.25) is 4.99 Å². The van der Waals surface area contributed by atoms with Crippen LogP contribution < -0.4 is 15.8 Å². The maximum Gasteiger partial charge on any atom is 0.247 e. The molecular weight excluding hydrogens is 284 g/mol. The Morgan fingerprint density at radius 1 is 1.42 bits per heavy atom. The molecule has 0 aliphatic carbocycles. The zero-order valence-electron chi connectivity index (χ0n) is 11.3. The zero-order valence-corrected chi connectivity index (χ0v) is 12.9. The van der Waals surface area contributed by atoms with E-state index in [1.165, 1.54) is 6.07 Å². The van der Waals surface area contributed by atoms with Crippen LogP contribution in [-0.4, -0.2) is 28.0 Å². The van der Waals surface area contributed by atoms with E-state index < -0.39 is 10.0 Å². The van der Waals surface area contributed by atoms with Crippen molar-refractivity contribution in [2.45, 2.75) is 24.6 Å². The number of guanidine groups is 1. The fourth-order valence-electron chi connectivity index (χ4n) is 1.30. The smallest absolute Gasteiger partial charge is 0.247 e. The number of sulfonamides is 1. The van der Waals surface area contributed by atoms with Crippen LogP contribution in [0.15, 0.2) is 21.3 Å². The van der Waals surface area contributed by atoms with Crippen molar-refractivity contribution < 1.29 is 8.42 Å². The summed E-state index contributed by atoms with van der Waals surface area (Å²) >= 11 is 1.16. The average Bonchev–Trinajstić information content (AvgIpc) is 2.77. The molecule has 0 aromatic carbocycles. The molecule has 0 aliphatic heterocycles. The minimum atomic E-state index is -3.60. The summed E-state index contributed by atoms with van der Waals surface area (Å²) in [5.41, 5.74) is 0. The first-order valence-corrected chi connectivity index (χ1v) is 8.25. The van der Waals surface area contributed by atoms with Crippen molar-refractivity contribution in [3.05, 3.63) is 17.0 Å². The molecule has 0 radical (unpaired) electrons. The van der Waals surface area contributed by atoms with Gasteiger partial charge in [0, 0.05) is 18.5 Å². The maximum atomic E-state index is 11.1. The van der Waals surface area contributed by atoms with E-state index in [1.807, 2.05) is 0 Å². The zero-order chi connectivity index (χ0) is 14.5. The predicted octanol–water partition coefficient (Wildman–Crippen LogP) is 0.716. The van der Waals surface area contributed by atoms with E-state index in [0.717, 1.165) is 22.8 Å². The SMILES string of the molecule is CN=C(NCc1ccc(S(N)(=O)=O)s1)NCC(C)C. The standard InChI is InChI=1S/C11H20N4O2S2/c1-8(2)6-14-11(13-3)15-7-9-4-5-10(18-9)19(12,16)17/h4-5,8H,6-7H2,1-3H3,(H2,12,16,17)(H2,13,14,15). The van der Waals surface area contributed by atoms with Crippen LogP contribution in [0.2, 0.25) is 0 Å². The minimum absolute atomic E-state index is 0.175. The molecule has 19 heavy (non-hydrogen) atoms. The number of rotatable bonds is 5. The van der Waals surface area contributed by atoms with Gasteiger partial charge in [0.05, 0.1) is 6.54 Å². The number of aliphatic imine (C=N–C) groups is 1. The maximum absolute atomic E-state index is 11.1. The third-order valence-corrected chi connectivity index (χ3v) is 4.77. The molecule has 0 aliphatic rings. The van der Waals surface area contributed by atoms with Crippen LogP contribution in [0.3, 0.4) is 0 Å². The Bertz CT molecular complexity index is 535. The third kappa shape index (κ3) is 5.58. The highest BCUT2D eigenvalue weighted by Crippen LogP contribution is 2.19. The lowest BCUT2D eigenvalue weighted by atomic mass is 10.2. The van der Waals surface area contributed by atoms with E-state index in [9.17, 15) is 8.42 Å². The van der Waals surface area contributed by atoms with E-state index in [0.29, 0.717) is 18.4 Å². The molecule has 108 valence electrons. The Morgan fingerprint density at radius 2 is 2.11 bits per heavy atom. The van der Waals surface area contributed by atoms with Crippen molar-refractivity contribution in [2.24, 2.45) is 16.0 Å². The highest BCUT2D eigenvalue weighted by atomic mass is 32.2. The number of hydrogen-bond acceptors (Lipinski definition) is 4. The summed E-state index contributed by atoms with van der Waals surface area (Å²) in [5.74, 6) is 1.22. The summed E-state index contributed by atoms with van der Waals surface area (Å²) in [7, 11) is -1.91. The van der Waals surface area contributed by atoms with Crippen LogP contribution in [-0.2, 0) is 16.6 Å². The lowest BCUT2D eigenvalue weighted by Crippen LogP contribution is -2.38. The minimum Gasteiger partial charge on any atom is -0.356 e. The monoisotopic (exact) mass is 304 g/mol. The Morgan fingerprint density at radius 3 is 2.58 bits per heavy atom. The molecule has 1 heterocycles. The molecule has 0 saturated heterocycles. The molecule has 8 heteroatoms. The quantitative estimate of drug-likeness (QED) is 0.551. The Balaban J connectivity index is 2.54. The molecule has 1 rings (SSSR count). The highest BCUT2D eigenvalue weighted by molar-refractivity contribution is 7.91. The Labute approximate surface area is 118 Å². The van der Waals surface area contributed by atoms with Crippen LogP contribution in [0.4, 0.5) is 0 Å². The van der Waals surface area contributed by atoms with Gasteiger partial charge < -0.3 is 10.6 Å². The fraction of sp³-hybridized carbons (Fsp3) is 0.545. The van der Waals surface area contributed by atoms with Crippen molar-refractivity contribution >= 4 is 27.3 Å². The summed E-state index contributed by atoms with van der Waals surface area (Å²) in [6.45, 7) is 5.56. The molecule has 0 saturated carbocycles. The number of nitrogens with two attached hydrogens (primary N) is 1. The molecular formula is C11H20N4O2S2. The molecule has 0 atom stereocenters. The number of hydrogen-bond donors (Lipinski definition) is 3. The lowest BCUT2D eigenvalue weighted by Gasteiger charge is -2.12. The summed E-state index contributed by atoms with van der Waals surface area (Å²) in [6.07, 6.45) is 0. The summed E-state index contributed by atoms with van der Waals surface area (Å²) < 4.78 is 22.5. The number of nitrogens with one attached hydrogen (secondary N) is 2. The Hall–Kier alpha value is -1.12. The normalized spacial score (nSPS) is 12.8. The van der Waals surface area contributed by atoms with E-state index in [-0.39, 0.29) is 4.21 Å². The number of primary sulfonamides is 1. The van der Waals surface area contributed by atoms with Crippen LogP contribution in [0.1, 0.15) is 18.7 Å². The van der Waals surface area contributed by atoms with Gasteiger partial charge in [-0.1, -0.05) is 13.8 Å². The van der Waals surface area contributed by atoms with E-state index >= 15 is 0 Å². The van der Waals surface area contributed by atoms with Gasteiger partial charge in [-0.05, 0) is 18.1 Å². The van der Waals surface area contributed by atoms with Crippen molar-refractivity contribution in [1.82, 2.24) is 10.6 Å². The third-order valence-electron chi connectivity index (χ3n) is 2.25. The predicted molar refractivity (Wildman–Crippen MR) is 78.7 cm³/mol. The van der Waals surface area contributed by atoms with Crippen molar-refractivity contribution in [3.8, 4) is 0 Å². The van der Waals surface area contributed by atoms with Gasteiger partial charge in [-0.2, -0.15) is 0 Å². The first-order chi connectivity index (χ1) is 8.82. The van der Waals surface area contributed by atoms with Crippen LogP contribution in [0.5, 0.6) is 0 Å². The Kier molecular flexibility index (Phi) is 5.77. The first-order valence-electron chi connectivity index (χ1n) is 5.89. The second-order valence-electron chi connectivity index (χ2n) is 4.47. The van der Waals surface area contributed by atoms with Gasteiger partial charge in [0.25, 0.3) is 0 Å². The molecule has 4 N–H and O–H groups in total. The van der Waals surface area contributed by atoms with Gasteiger partial charge >= 0.3 is 0 Å². The van der Waals surface area contributed by atoms with E-state index in [1.54, 1.807) is 13.1 Å². The van der Waals surface area contributed by atoms with Crippen molar-refractivity contribution in [1.29, 1.82) is 0 Å². The van der Waals surface area contributed by atoms with Gasteiger partial charge in [0.1, 0.15) is 4.21 Å². The molecule has 0 spiro atoms. The van der Waals surface area contributed by atoms with E-state index in [2.05, 4.69) is 29.5 Å². The van der Waals surface area contributed by atoms with Gasteiger partial charge in [-0.15, -0.1) is 11.3 Å². The number of thiophene rings is 1. The summed E-state index contributed by atoms with van der Waals surface area (Å²) in [6, 6.07) is 3.26. The lowest BCUT2D eigenvalue weighted by molar-refractivity contribution is 0.600. The topological polar surface area (TPSA) is 96.6 Å². The second kappa shape index (κ2) is 6.88. The van der Waals surface area contributed by atoms with Gasteiger partial charge in [-0.25, -0.2) is 13.6 Å². The number of nitrogens with zero attached hydrogens (tertiary/aromatic N) is 1. The molecule has 1 aromatic heterocycles. The molecule has 0 bridgehead atoms.